The highest BCUT2D eigenvalue weighted by Crippen LogP contribution is 2.30. The number of aryl methyl sites for hydroxylation is 1. The van der Waals surface area contributed by atoms with Crippen molar-refractivity contribution in [2.45, 2.75) is 6.92 Å². The summed E-state index contributed by atoms with van der Waals surface area (Å²) in [5, 5.41) is 6.25. The fourth-order valence-electron chi connectivity index (χ4n) is 2.71. The van der Waals surface area contributed by atoms with Crippen LogP contribution in [-0.4, -0.2) is 26.0 Å². The molecule has 0 saturated carbocycles. The molecular weight excluding hydrogens is 356 g/mol. The van der Waals surface area contributed by atoms with Crippen LogP contribution in [0.3, 0.4) is 0 Å². The smallest absolute Gasteiger partial charge is 0.259 e. The fourth-order valence-corrected chi connectivity index (χ4v) is 2.92. The monoisotopic (exact) mass is 372 g/mol. The van der Waals surface area contributed by atoms with Gasteiger partial charge in [0.25, 0.3) is 11.8 Å². The molecule has 0 saturated heterocycles. The Morgan fingerprint density at radius 3 is 2.58 bits per heavy atom. The highest BCUT2D eigenvalue weighted by Gasteiger charge is 2.20. The summed E-state index contributed by atoms with van der Waals surface area (Å²) < 4.78 is 10.9. The van der Waals surface area contributed by atoms with E-state index < -0.39 is 0 Å². The van der Waals surface area contributed by atoms with Gasteiger partial charge in [-0.3, -0.25) is 9.59 Å². The Balaban J connectivity index is 1.97. The molecule has 134 valence electrons. The molecule has 2 amide bonds. The summed E-state index contributed by atoms with van der Waals surface area (Å²) in [7, 11) is 3.07. The molecule has 2 aromatic carbocycles. The van der Waals surface area contributed by atoms with Crippen LogP contribution in [0.4, 0.5) is 5.69 Å². The van der Waals surface area contributed by atoms with E-state index in [9.17, 15) is 9.59 Å². The topological polar surface area (TPSA) is 80.6 Å². The molecule has 0 unspecified atom stereocenters. The number of ether oxygens (including phenoxy) is 1. The van der Waals surface area contributed by atoms with Gasteiger partial charge in [-0.05, 0) is 43.3 Å². The Morgan fingerprint density at radius 2 is 1.88 bits per heavy atom. The van der Waals surface area contributed by atoms with Gasteiger partial charge in [0.05, 0.1) is 23.3 Å². The summed E-state index contributed by atoms with van der Waals surface area (Å²) >= 11 is 6.04. The van der Waals surface area contributed by atoms with Gasteiger partial charge in [0.2, 0.25) is 0 Å². The molecule has 1 aromatic heterocycles. The normalized spacial score (nSPS) is 10.6. The van der Waals surface area contributed by atoms with Crippen LogP contribution in [0.1, 0.15) is 26.5 Å². The Bertz CT molecular complexity index is 1010. The molecule has 0 radical (unpaired) electrons. The molecular formula is C19H17ClN2O4. The number of methoxy groups -OCH3 is 1. The Hall–Kier alpha value is -2.99. The highest BCUT2D eigenvalue weighted by atomic mass is 35.5. The molecule has 3 aromatic rings. The molecule has 0 atom stereocenters. The Labute approximate surface area is 155 Å². The van der Waals surface area contributed by atoms with Crippen molar-refractivity contribution in [3.05, 3.63) is 58.3 Å². The van der Waals surface area contributed by atoms with Crippen LogP contribution in [0, 0.1) is 6.92 Å². The zero-order chi connectivity index (χ0) is 18.8. The maximum atomic E-state index is 12.8. The number of carbonyl (C=O) groups excluding carboxylic acids is 2. The van der Waals surface area contributed by atoms with E-state index >= 15 is 0 Å². The summed E-state index contributed by atoms with van der Waals surface area (Å²) in [6, 6.07) is 9.98. The largest absolute Gasteiger partial charge is 0.497 e. The summed E-state index contributed by atoms with van der Waals surface area (Å²) in [5.74, 6) is 0.437. The van der Waals surface area contributed by atoms with Gasteiger partial charge in [-0.2, -0.15) is 0 Å². The van der Waals surface area contributed by atoms with E-state index in [2.05, 4.69) is 10.6 Å². The number of anilines is 1. The van der Waals surface area contributed by atoms with Crippen molar-refractivity contribution >= 4 is 40.1 Å². The molecule has 0 aliphatic heterocycles. The zero-order valence-corrected chi connectivity index (χ0v) is 15.2. The number of fused-ring (bicyclic) bond motifs is 1. The standard InChI is InChI=1S/C19H17ClN2O4/c1-10-17(14-9-12(25-3)5-7-16(14)26-10)19(24)22-11-4-6-15(20)13(8-11)18(23)21-2/h4-9H,1-3H3,(H,21,23)(H,22,24). The van der Waals surface area contributed by atoms with E-state index in [1.54, 1.807) is 44.4 Å². The minimum atomic E-state index is -0.348. The SMILES string of the molecule is CNC(=O)c1cc(NC(=O)c2c(C)oc3ccc(OC)cc23)ccc1Cl. The molecule has 0 spiro atoms. The highest BCUT2D eigenvalue weighted by molar-refractivity contribution is 6.34. The predicted octanol–water partition coefficient (Wildman–Crippen LogP) is 4.02. The van der Waals surface area contributed by atoms with Crippen LogP contribution in [0.25, 0.3) is 11.0 Å². The van der Waals surface area contributed by atoms with Crippen molar-refractivity contribution in [1.29, 1.82) is 0 Å². The third kappa shape index (κ3) is 3.23. The van der Waals surface area contributed by atoms with Crippen molar-refractivity contribution in [2.24, 2.45) is 0 Å². The molecule has 0 fully saturated rings. The third-order valence-corrected chi connectivity index (χ3v) is 4.32. The van der Waals surface area contributed by atoms with Gasteiger partial charge < -0.3 is 19.8 Å². The lowest BCUT2D eigenvalue weighted by Crippen LogP contribution is -2.19. The number of nitrogens with one attached hydrogen (secondary N) is 2. The van der Waals surface area contributed by atoms with Crippen molar-refractivity contribution in [3.8, 4) is 5.75 Å². The van der Waals surface area contributed by atoms with Crippen molar-refractivity contribution in [2.75, 3.05) is 19.5 Å². The van der Waals surface area contributed by atoms with E-state index in [4.69, 9.17) is 20.8 Å². The molecule has 26 heavy (non-hydrogen) atoms. The van der Waals surface area contributed by atoms with Gasteiger partial charge in [-0.25, -0.2) is 0 Å². The lowest BCUT2D eigenvalue weighted by molar-refractivity contribution is 0.0961. The van der Waals surface area contributed by atoms with Gasteiger partial charge in [-0.1, -0.05) is 11.6 Å². The number of carbonyl (C=O) groups is 2. The summed E-state index contributed by atoms with van der Waals surface area (Å²) in [6.45, 7) is 1.72. The van der Waals surface area contributed by atoms with Gasteiger partial charge in [0.1, 0.15) is 17.1 Å². The van der Waals surface area contributed by atoms with E-state index in [-0.39, 0.29) is 17.4 Å². The molecule has 0 aliphatic carbocycles. The van der Waals surface area contributed by atoms with Gasteiger partial charge in [0, 0.05) is 18.1 Å². The quantitative estimate of drug-likeness (QED) is 0.725. The van der Waals surface area contributed by atoms with Crippen LogP contribution in [-0.2, 0) is 0 Å². The molecule has 0 bridgehead atoms. The van der Waals surface area contributed by atoms with E-state index in [0.29, 0.717) is 38.8 Å². The predicted molar refractivity (Wildman–Crippen MR) is 100 cm³/mol. The first-order valence-electron chi connectivity index (χ1n) is 7.84. The van der Waals surface area contributed by atoms with Crippen LogP contribution < -0.4 is 15.4 Å². The number of rotatable bonds is 4. The second-order valence-electron chi connectivity index (χ2n) is 5.62. The summed E-state index contributed by atoms with van der Waals surface area (Å²) in [6.07, 6.45) is 0. The molecule has 1 heterocycles. The van der Waals surface area contributed by atoms with Crippen LogP contribution in [0.2, 0.25) is 5.02 Å². The number of furan rings is 1. The zero-order valence-electron chi connectivity index (χ0n) is 14.5. The second-order valence-corrected chi connectivity index (χ2v) is 6.03. The lowest BCUT2D eigenvalue weighted by Gasteiger charge is -2.08. The van der Waals surface area contributed by atoms with E-state index in [0.717, 1.165) is 0 Å². The summed E-state index contributed by atoms with van der Waals surface area (Å²) in [5.41, 5.74) is 1.74. The minimum Gasteiger partial charge on any atom is -0.497 e. The first-order valence-corrected chi connectivity index (χ1v) is 8.22. The Kier molecular flexibility index (Phi) is 4.86. The number of amides is 2. The van der Waals surface area contributed by atoms with Crippen LogP contribution in [0.15, 0.2) is 40.8 Å². The van der Waals surface area contributed by atoms with Gasteiger partial charge >= 0.3 is 0 Å². The molecule has 2 N–H and O–H groups in total. The average Bonchev–Trinajstić information content (AvgIpc) is 2.97. The molecule has 6 nitrogen and oxygen atoms in total. The Morgan fingerprint density at radius 1 is 1.12 bits per heavy atom. The number of benzene rings is 2. The van der Waals surface area contributed by atoms with E-state index in [1.807, 2.05) is 0 Å². The number of halogens is 1. The molecule has 7 heteroatoms. The van der Waals surface area contributed by atoms with Gasteiger partial charge in [-0.15, -0.1) is 0 Å². The third-order valence-electron chi connectivity index (χ3n) is 3.99. The average molecular weight is 373 g/mol. The van der Waals surface area contributed by atoms with Crippen LogP contribution in [0.5, 0.6) is 5.75 Å². The van der Waals surface area contributed by atoms with Crippen molar-refractivity contribution < 1.29 is 18.7 Å². The van der Waals surface area contributed by atoms with Crippen molar-refractivity contribution in [3.63, 3.8) is 0 Å². The first kappa shape index (κ1) is 17.8. The van der Waals surface area contributed by atoms with E-state index in [1.165, 1.54) is 13.1 Å². The maximum absolute atomic E-state index is 12.8. The summed E-state index contributed by atoms with van der Waals surface area (Å²) in [4.78, 5) is 24.7. The fraction of sp³-hybridized carbons (Fsp3) is 0.158. The number of hydrogen-bond donors (Lipinski definition) is 2. The minimum absolute atomic E-state index is 0.280. The first-order chi connectivity index (χ1) is 12.4. The number of hydrogen-bond acceptors (Lipinski definition) is 4. The maximum Gasteiger partial charge on any atom is 0.259 e. The van der Waals surface area contributed by atoms with Crippen LogP contribution >= 0.6 is 11.6 Å². The van der Waals surface area contributed by atoms with Gasteiger partial charge in [0.15, 0.2) is 0 Å². The molecule has 3 rings (SSSR count). The lowest BCUT2D eigenvalue weighted by atomic mass is 10.1. The second kappa shape index (κ2) is 7.09. The van der Waals surface area contributed by atoms with Crippen molar-refractivity contribution in [1.82, 2.24) is 5.32 Å². The molecule has 0 aliphatic rings.